The molecule has 0 atom stereocenters. The maximum absolute atomic E-state index is 11.4. The summed E-state index contributed by atoms with van der Waals surface area (Å²) in [6.45, 7) is 5.00. The first-order valence-corrected chi connectivity index (χ1v) is 5.38. The number of nitrogens with zero attached hydrogens (tertiary/aromatic N) is 2. The topological polar surface area (TPSA) is 44.1 Å². The lowest BCUT2D eigenvalue weighted by molar-refractivity contribution is 0.0517. The Morgan fingerprint density at radius 3 is 2.93 bits per heavy atom. The summed E-state index contributed by atoms with van der Waals surface area (Å²) >= 11 is 3.27. The number of esters is 1. The molecule has 1 heterocycles. The van der Waals surface area contributed by atoms with Crippen molar-refractivity contribution < 1.29 is 9.53 Å². The molecule has 0 aromatic carbocycles. The van der Waals surface area contributed by atoms with E-state index in [1.54, 1.807) is 17.8 Å². The Balaban J connectivity index is 2.81. The highest BCUT2D eigenvalue weighted by Gasteiger charge is 2.15. The van der Waals surface area contributed by atoms with Crippen LogP contribution in [0.25, 0.3) is 0 Å². The lowest BCUT2D eigenvalue weighted by Gasteiger charge is -1.98. The summed E-state index contributed by atoms with van der Waals surface area (Å²) in [5.41, 5.74) is 0.348. The molecule has 1 rings (SSSR count). The summed E-state index contributed by atoms with van der Waals surface area (Å²) in [7, 11) is 0. The summed E-state index contributed by atoms with van der Waals surface area (Å²) in [4.78, 5) is 11.4. The number of ether oxygens (including phenoxy) is 1. The van der Waals surface area contributed by atoms with Crippen LogP contribution < -0.4 is 0 Å². The van der Waals surface area contributed by atoms with Gasteiger partial charge in [0, 0.05) is 12.7 Å². The SMILES string of the molecule is CCCn1cc(Br)c(C(=O)OCC)n1. The second kappa shape index (κ2) is 5.14. The van der Waals surface area contributed by atoms with Crippen LogP contribution >= 0.6 is 15.9 Å². The van der Waals surface area contributed by atoms with Crippen molar-refractivity contribution in [3.63, 3.8) is 0 Å². The van der Waals surface area contributed by atoms with Gasteiger partial charge in [0.1, 0.15) is 0 Å². The minimum absolute atomic E-state index is 0.348. The predicted molar refractivity (Wildman–Crippen MR) is 56.2 cm³/mol. The van der Waals surface area contributed by atoms with Gasteiger partial charge in [-0.15, -0.1) is 0 Å². The van der Waals surface area contributed by atoms with Gasteiger partial charge in [0.15, 0.2) is 5.69 Å². The average molecular weight is 261 g/mol. The molecule has 4 nitrogen and oxygen atoms in total. The van der Waals surface area contributed by atoms with Crippen LogP contribution in [0.1, 0.15) is 30.8 Å². The highest BCUT2D eigenvalue weighted by atomic mass is 79.9. The van der Waals surface area contributed by atoms with Crippen LogP contribution in [0.5, 0.6) is 0 Å². The van der Waals surface area contributed by atoms with Crippen LogP contribution in [0.3, 0.4) is 0 Å². The van der Waals surface area contributed by atoms with Gasteiger partial charge in [0.05, 0.1) is 11.1 Å². The van der Waals surface area contributed by atoms with Gasteiger partial charge in [-0.25, -0.2) is 4.79 Å². The third kappa shape index (κ3) is 2.57. The molecule has 5 heteroatoms. The van der Waals surface area contributed by atoms with Gasteiger partial charge in [-0.3, -0.25) is 4.68 Å². The van der Waals surface area contributed by atoms with Crippen LogP contribution in [-0.4, -0.2) is 22.4 Å². The van der Waals surface area contributed by atoms with Crippen molar-refractivity contribution in [3.05, 3.63) is 16.4 Å². The minimum Gasteiger partial charge on any atom is -0.461 e. The smallest absolute Gasteiger partial charge is 0.360 e. The third-order valence-corrected chi connectivity index (χ3v) is 2.22. The summed E-state index contributed by atoms with van der Waals surface area (Å²) in [5.74, 6) is -0.380. The molecule has 78 valence electrons. The molecule has 1 aromatic rings. The van der Waals surface area contributed by atoms with Gasteiger partial charge in [0.25, 0.3) is 0 Å². The Hall–Kier alpha value is -0.840. The van der Waals surface area contributed by atoms with Gasteiger partial charge in [0.2, 0.25) is 0 Å². The normalized spacial score (nSPS) is 10.2. The monoisotopic (exact) mass is 260 g/mol. The van der Waals surface area contributed by atoms with E-state index in [0.29, 0.717) is 16.8 Å². The van der Waals surface area contributed by atoms with Crippen molar-refractivity contribution in [1.82, 2.24) is 9.78 Å². The molecule has 0 fully saturated rings. The zero-order chi connectivity index (χ0) is 10.6. The molecule has 0 aliphatic rings. The highest BCUT2D eigenvalue weighted by Crippen LogP contribution is 2.15. The Bertz CT molecular complexity index is 323. The summed E-state index contributed by atoms with van der Waals surface area (Å²) < 4.78 is 7.27. The second-order valence-corrected chi connectivity index (χ2v) is 3.66. The number of carbonyl (C=O) groups is 1. The zero-order valence-corrected chi connectivity index (χ0v) is 9.87. The van der Waals surface area contributed by atoms with Crippen LogP contribution in [0.15, 0.2) is 10.7 Å². The Morgan fingerprint density at radius 2 is 2.36 bits per heavy atom. The molecule has 0 radical (unpaired) electrons. The van der Waals surface area contributed by atoms with Crippen molar-refractivity contribution in [1.29, 1.82) is 0 Å². The van der Waals surface area contributed by atoms with Crippen LogP contribution in [0.2, 0.25) is 0 Å². The Kier molecular flexibility index (Phi) is 4.13. The van der Waals surface area contributed by atoms with E-state index in [1.165, 1.54) is 0 Å². The maximum atomic E-state index is 11.4. The number of hydrogen-bond donors (Lipinski definition) is 0. The van der Waals surface area contributed by atoms with Gasteiger partial charge in [-0.05, 0) is 29.3 Å². The van der Waals surface area contributed by atoms with Crippen molar-refractivity contribution in [2.45, 2.75) is 26.8 Å². The van der Waals surface area contributed by atoms with Crippen molar-refractivity contribution in [3.8, 4) is 0 Å². The fourth-order valence-electron chi connectivity index (χ4n) is 1.08. The van der Waals surface area contributed by atoms with E-state index in [-0.39, 0.29) is 5.97 Å². The van der Waals surface area contributed by atoms with Crippen LogP contribution in [0.4, 0.5) is 0 Å². The maximum Gasteiger partial charge on any atom is 0.360 e. The Labute approximate surface area is 91.4 Å². The van der Waals surface area contributed by atoms with E-state index in [4.69, 9.17) is 4.74 Å². The molecular formula is C9H13BrN2O2. The van der Waals surface area contributed by atoms with E-state index in [0.717, 1.165) is 13.0 Å². The lowest BCUT2D eigenvalue weighted by Crippen LogP contribution is -2.07. The number of hydrogen-bond acceptors (Lipinski definition) is 3. The molecule has 0 aliphatic carbocycles. The van der Waals surface area contributed by atoms with Gasteiger partial charge < -0.3 is 4.74 Å². The molecule has 0 aliphatic heterocycles. The van der Waals surface area contributed by atoms with Crippen LogP contribution in [0, 0.1) is 0 Å². The number of carbonyl (C=O) groups excluding carboxylic acids is 1. The van der Waals surface area contributed by atoms with E-state index < -0.39 is 0 Å². The van der Waals surface area contributed by atoms with Gasteiger partial charge >= 0.3 is 5.97 Å². The quantitative estimate of drug-likeness (QED) is 0.780. The average Bonchev–Trinajstić information content (AvgIpc) is 2.48. The fraction of sp³-hybridized carbons (Fsp3) is 0.556. The van der Waals surface area contributed by atoms with Crippen LogP contribution in [-0.2, 0) is 11.3 Å². The molecule has 0 bridgehead atoms. The number of aromatic nitrogens is 2. The largest absolute Gasteiger partial charge is 0.461 e. The van der Waals surface area contributed by atoms with Crippen molar-refractivity contribution in [2.24, 2.45) is 0 Å². The molecule has 0 amide bonds. The molecule has 0 unspecified atom stereocenters. The molecule has 0 N–H and O–H groups in total. The lowest BCUT2D eigenvalue weighted by atomic mass is 10.4. The number of rotatable bonds is 4. The standard InChI is InChI=1S/C9H13BrN2O2/c1-3-5-12-6-7(10)8(11-12)9(13)14-4-2/h6H,3-5H2,1-2H3. The number of aryl methyl sites for hydroxylation is 1. The van der Waals surface area contributed by atoms with Gasteiger partial charge in [-0.2, -0.15) is 5.10 Å². The molecule has 14 heavy (non-hydrogen) atoms. The molecule has 0 saturated carbocycles. The number of halogens is 1. The zero-order valence-electron chi connectivity index (χ0n) is 8.29. The van der Waals surface area contributed by atoms with E-state index in [9.17, 15) is 4.79 Å². The third-order valence-electron chi connectivity index (χ3n) is 1.64. The fourth-order valence-corrected chi connectivity index (χ4v) is 1.56. The molecular weight excluding hydrogens is 248 g/mol. The summed E-state index contributed by atoms with van der Waals surface area (Å²) in [6.07, 6.45) is 2.77. The molecule has 0 saturated heterocycles. The minimum atomic E-state index is -0.380. The first kappa shape index (κ1) is 11.2. The molecule has 1 aromatic heterocycles. The predicted octanol–water partition coefficient (Wildman–Crippen LogP) is 2.23. The van der Waals surface area contributed by atoms with Crippen molar-refractivity contribution >= 4 is 21.9 Å². The van der Waals surface area contributed by atoms with Gasteiger partial charge in [-0.1, -0.05) is 6.92 Å². The van der Waals surface area contributed by atoms with Crippen molar-refractivity contribution in [2.75, 3.05) is 6.61 Å². The van der Waals surface area contributed by atoms with E-state index >= 15 is 0 Å². The highest BCUT2D eigenvalue weighted by molar-refractivity contribution is 9.10. The summed E-state index contributed by atoms with van der Waals surface area (Å²) in [5, 5.41) is 4.11. The summed E-state index contributed by atoms with van der Waals surface area (Å²) in [6, 6.07) is 0. The van der Waals surface area contributed by atoms with E-state index in [1.807, 2.05) is 0 Å². The van der Waals surface area contributed by atoms with E-state index in [2.05, 4.69) is 28.0 Å². The molecule has 0 spiro atoms. The second-order valence-electron chi connectivity index (χ2n) is 2.81. The first-order chi connectivity index (χ1) is 6.69. The first-order valence-electron chi connectivity index (χ1n) is 4.59. The Morgan fingerprint density at radius 1 is 1.64 bits per heavy atom.